The predicted molar refractivity (Wildman–Crippen MR) is 79.4 cm³/mol. The van der Waals surface area contributed by atoms with Crippen molar-refractivity contribution in [1.82, 2.24) is 4.90 Å². The zero-order chi connectivity index (χ0) is 14.3. The summed E-state index contributed by atoms with van der Waals surface area (Å²) >= 11 is 0. The lowest BCUT2D eigenvalue weighted by Crippen LogP contribution is -2.48. The number of aliphatic hydroxyl groups is 1. The van der Waals surface area contributed by atoms with Crippen molar-refractivity contribution in [3.05, 3.63) is 0 Å². The van der Waals surface area contributed by atoms with Crippen LogP contribution in [0.1, 0.15) is 58.8 Å². The molecule has 0 radical (unpaired) electrons. The monoisotopic (exact) mass is 279 g/mol. The average Bonchev–Trinajstić information content (AvgIpc) is 2.64. The van der Waals surface area contributed by atoms with Gasteiger partial charge in [0.25, 0.3) is 0 Å². The van der Waals surface area contributed by atoms with Gasteiger partial charge in [-0.3, -0.25) is 9.69 Å². The van der Waals surface area contributed by atoms with E-state index in [4.69, 9.17) is 0 Å². The molecule has 2 heterocycles. The molecular formula is C17H29NO2. The second kappa shape index (κ2) is 5.76. The molecule has 1 saturated carbocycles. The molecule has 1 N–H and O–H groups in total. The molecule has 114 valence electrons. The minimum absolute atomic E-state index is 0.103. The highest BCUT2D eigenvalue weighted by atomic mass is 16.3. The van der Waals surface area contributed by atoms with E-state index in [9.17, 15) is 9.90 Å². The Labute approximate surface area is 122 Å². The second-order valence-corrected chi connectivity index (χ2v) is 7.65. The number of fused-ring (bicyclic) bond motifs is 2. The molecule has 0 aromatic heterocycles. The lowest BCUT2D eigenvalue weighted by molar-refractivity contribution is -0.127. The van der Waals surface area contributed by atoms with E-state index in [1.54, 1.807) is 0 Å². The van der Waals surface area contributed by atoms with Crippen LogP contribution in [0.15, 0.2) is 0 Å². The average molecular weight is 279 g/mol. The smallest absolute Gasteiger partial charge is 0.137 e. The zero-order valence-electron chi connectivity index (χ0n) is 12.9. The number of hydrogen-bond donors (Lipinski definition) is 1. The third kappa shape index (κ3) is 2.80. The van der Waals surface area contributed by atoms with Gasteiger partial charge in [0.2, 0.25) is 0 Å². The fraction of sp³-hybridized carbons (Fsp3) is 0.941. The van der Waals surface area contributed by atoms with Crippen LogP contribution in [0.4, 0.5) is 0 Å². The standard InChI is InChI=1S/C17H29NO2/c1-11(2)12-3-6-17(20)13(7-12)10-18-14-4-5-15(18)9-16(19)8-14/h11-16,19H,3-10H2,1-2H3. The summed E-state index contributed by atoms with van der Waals surface area (Å²) in [5.74, 6) is 2.18. The van der Waals surface area contributed by atoms with Crippen LogP contribution in [0.2, 0.25) is 0 Å². The van der Waals surface area contributed by atoms with Gasteiger partial charge < -0.3 is 5.11 Å². The maximum absolute atomic E-state index is 12.3. The first-order chi connectivity index (χ1) is 9.54. The highest BCUT2D eigenvalue weighted by Crippen LogP contribution is 2.39. The van der Waals surface area contributed by atoms with Crippen molar-refractivity contribution in [2.75, 3.05) is 6.54 Å². The van der Waals surface area contributed by atoms with Gasteiger partial charge in [0.05, 0.1) is 6.10 Å². The molecule has 3 fully saturated rings. The summed E-state index contributed by atoms with van der Waals surface area (Å²) in [5, 5.41) is 9.89. The highest BCUT2D eigenvalue weighted by molar-refractivity contribution is 5.82. The quantitative estimate of drug-likeness (QED) is 0.863. The van der Waals surface area contributed by atoms with Crippen molar-refractivity contribution in [2.24, 2.45) is 17.8 Å². The van der Waals surface area contributed by atoms with Gasteiger partial charge in [0.15, 0.2) is 0 Å². The Morgan fingerprint density at radius 3 is 2.40 bits per heavy atom. The van der Waals surface area contributed by atoms with E-state index < -0.39 is 0 Å². The zero-order valence-corrected chi connectivity index (χ0v) is 12.9. The van der Waals surface area contributed by atoms with E-state index in [-0.39, 0.29) is 12.0 Å². The molecule has 0 aromatic rings. The van der Waals surface area contributed by atoms with Crippen molar-refractivity contribution in [1.29, 1.82) is 0 Å². The van der Waals surface area contributed by atoms with E-state index >= 15 is 0 Å². The molecule has 3 heteroatoms. The van der Waals surface area contributed by atoms with Gasteiger partial charge in [-0.1, -0.05) is 13.8 Å². The Balaban J connectivity index is 1.63. The van der Waals surface area contributed by atoms with Crippen molar-refractivity contribution >= 4 is 5.78 Å². The number of carbonyl (C=O) groups excluding carboxylic acids is 1. The van der Waals surface area contributed by atoms with Crippen LogP contribution >= 0.6 is 0 Å². The molecule has 0 amide bonds. The number of ketones is 1. The summed E-state index contributed by atoms with van der Waals surface area (Å²) in [6.07, 6.45) is 7.16. The van der Waals surface area contributed by atoms with E-state index in [0.29, 0.717) is 23.8 Å². The largest absolute Gasteiger partial charge is 0.393 e. The summed E-state index contributed by atoms with van der Waals surface area (Å²) in [5.41, 5.74) is 0. The van der Waals surface area contributed by atoms with Crippen molar-refractivity contribution in [2.45, 2.75) is 77.0 Å². The molecule has 1 aliphatic carbocycles. The maximum Gasteiger partial charge on any atom is 0.137 e. The van der Waals surface area contributed by atoms with Crippen LogP contribution in [0.5, 0.6) is 0 Å². The number of hydrogen-bond acceptors (Lipinski definition) is 3. The minimum Gasteiger partial charge on any atom is -0.393 e. The van der Waals surface area contributed by atoms with Gasteiger partial charge in [-0.05, 0) is 50.4 Å². The van der Waals surface area contributed by atoms with Crippen LogP contribution in [-0.2, 0) is 4.79 Å². The van der Waals surface area contributed by atoms with Crippen molar-refractivity contribution in [3.63, 3.8) is 0 Å². The van der Waals surface area contributed by atoms with Crippen molar-refractivity contribution in [3.8, 4) is 0 Å². The normalized spacial score (nSPS) is 42.4. The number of piperidine rings is 1. The molecule has 3 rings (SSSR count). The van der Waals surface area contributed by atoms with Crippen LogP contribution in [0.3, 0.4) is 0 Å². The summed E-state index contributed by atoms with van der Waals surface area (Å²) in [7, 11) is 0. The Bertz CT molecular complexity index is 354. The van der Waals surface area contributed by atoms with Gasteiger partial charge in [0, 0.05) is 31.0 Å². The topological polar surface area (TPSA) is 40.5 Å². The number of aliphatic hydroxyl groups excluding tert-OH is 1. The van der Waals surface area contributed by atoms with Gasteiger partial charge in [-0.2, -0.15) is 0 Å². The molecule has 2 saturated heterocycles. The predicted octanol–water partition coefficient (Wildman–Crippen LogP) is 2.62. The van der Waals surface area contributed by atoms with Crippen molar-refractivity contribution < 1.29 is 9.90 Å². The molecule has 3 nitrogen and oxygen atoms in total. The summed E-state index contributed by atoms with van der Waals surface area (Å²) < 4.78 is 0. The lowest BCUT2D eigenvalue weighted by Gasteiger charge is -2.40. The Kier molecular flexibility index (Phi) is 4.19. The first-order valence-electron chi connectivity index (χ1n) is 8.51. The first-order valence-corrected chi connectivity index (χ1v) is 8.51. The lowest BCUT2D eigenvalue weighted by atomic mass is 9.75. The first kappa shape index (κ1) is 14.5. The van der Waals surface area contributed by atoms with Crippen LogP contribution in [0.25, 0.3) is 0 Å². The molecule has 0 spiro atoms. The second-order valence-electron chi connectivity index (χ2n) is 7.65. The molecule has 4 atom stereocenters. The van der Waals surface area contributed by atoms with Crippen LogP contribution in [0, 0.1) is 17.8 Å². The van der Waals surface area contributed by atoms with E-state index in [0.717, 1.165) is 44.6 Å². The summed E-state index contributed by atoms with van der Waals surface area (Å²) in [6, 6.07) is 1.08. The van der Waals surface area contributed by atoms with Crippen LogP contribution < -0.4 is 0 Å². The highest BCUT2D eigenvalue weighted by Gasteiger charge is 2.42. The molecule has 4 unspecified atom stereocenters. The SMILES string of the molecule is CC(C)C1CCC(=O)C(CN2C3CCC2CC(O)C3)C1. The maximum atomic E-state index is 12.3. The molecule has 0 aromatic carbocycles. The Hall–Kier alpha value is -0.410. The fourth-order valence-corrected chi connectivity index (χ4v) is 4.73. The molecule has 20 heavy (non-hydrogen) atoms. The Morgan fingerprint density at radius 2 is 1.80 bits per heavy atom. The minimum atomic E-state index is -0.103. The van der Waals surface area contributed by atoms with Gasteiger partial charge in [0.1, 0.15) is 5.78 Å². The van der Waals surface area contributed by atoms with E-state index in [1.807, 2.05) is 0 Å². The van der Waals surface area contributed by atoms with E-state index in [2.05, 4.69) is 18.7 Å². The molecular weight excluding hydrogens is 250 g/mol. The number of Topliss-reactive ketones (excluding diaryl/α,β-unsaturated/α-hetero) is 1. The number of nitrogens with zero attached hydrogens (tertiary/aromatic N) is 1. The summed E-state index contributed by atoms with van der Waals surface area (Å²) in [4.78, 5) is 14.8. The molecule has 2 aliphatic heterocycles. The van der Waals surface area contributed by atoms with Gasteiger partial charge in [-0.15, -0.1) is 0 Å². The summed E-state index contributed by atoms with van der Waals surface area (Å²) in [6.45, 7) is 5.54. The van der Waals surface area contributed by atoms with E-state index in [1.165, 1.54) is 12.8 Å². The van der Waals surface area contributed by atoms with Gasteiger partial charge >= 0.3 is 0 Å². The third-order valence-electron chi connectivity index (χ3n) is 6.04. The third-order valence-corrected chi connectivity index (χ3v) is 6.04. The molecule has 3 aliphatic rings. The number of rotatable bonds is 3. The van der Waals surface area contributed by atoms with Gasteiger partial charge in [-0.25, -0.2) is 0 Å². The Morgan fingerprint density at radius 1 is 1.15 bits per heavy atom. The molecule has 2 bridgehead atoms. The number of carbonyl (C=O) groups is 1. The fourth-order valence-electron chi connectivity index (χ4n) is 4.73. The van der Waals surface area contributed by atoms with Crippen LogP contribution in [-0.4, -0.2) is 40.5 Å².